The molecule has 1 heterocycles. The molecule has 0 saturated carbocycles. The van der Waals surface area contributed by atoms with E-state index in [2.05, 4.69) is 25.4 Å². The van der Waals surface area contributed by atoms with Crippen LogP contribution in [0.5, 0.6) is 5.75 Å². The molecule has 2 rings (SSSR count). The van der Waals surface area contributed by atoms with Crippen LogP contribution in [0.3, 0.4) is 0 Å². The molecule has 0 unspecified atom stereocenters. The van der Waals surface area contributed by atoms with Crippen molar-refractivity contribution in [3.8, 4) is 5.75 Å². The normalized spacial score (nSPS) is 11.0. The standard InChI is InChI=1S/C9H9N5O/c1-6-3-2-4-7(8(6)15)12-14-9-10-5-11-13-9/h2-5,15H,1H3,(H,10,11,13). The molecule has 1 aromatic carbocycles. The Kier molecular flexibility index (Phi) is 2.40. The second-order valence-corrected chi connectivity index (χ2v) is 2.95. The smallest absolute Gasteiger partial charge is 0.264 e. The maximum atomic E-state index is 9.63. The van der Waals surface area contributed by atoms with Gasteiger partial charge in [0.2, 0.25) is 0 Å². The van der Waals surface area contributed by atoms with E-state index in [0.29, 0.717) is 11.6 Å². The summed E-state index contributed by atoms with van der Waals surface area (Å²) in [6.07, 6.45) is 1.34. The summed E-state index contributed by atoms with van der Waals surface area (Å²) in [5.74, 6) is 0.427. The number of para-hydroxylation sites is 1. The summed E-state index contributed by atoms with van der Waals surface area (Å²) in [5, 5.41) is 23.4. The zero-order valence-corrected chi connectivity index (χ0v) is 8.05. The van der Waals surface area contributed by atoms with Gasteiger partial charge in [-0.2, -0.15) is 10.1 Å². The largest absolute Gasteiger partial charge is 0.505 e. The zero-order chi connectivity index (χ0) is 10.7. The van der Waals surface area contributed by atoms with E-state index in [4.69, 9.17) is 0 Å². The summed E-state index contributed by atoms with van der Waals surface area (Å²) < 4.78 is 0. The van der Waals surface area contributed by atoms with E-state index in [1.54, 1.807) is 25.1 Å². The van der Waals surface area contributed by atoms with Crippen LogP contribution in [0.4, 0.5) is 11.6 Å². The van der Waals surface area contributed by atoms with Crippen molar-refractivity contribution in [1.29, 1.82) is 0 Å². The topological polar surface area (TPSA) is 86.5 Å². The second kappa shape index (κ2) is 3.87. The number of aromatic amines is 1. The maximum Gasteiger partial charge on any atom is 0.264 e. The molecule has 15 heavy (non-hydrogen) atoms. The molecular formula is C9H9N5O. The Balaban J connectivity index is 2.28. The second-order valence-electron chi connectivity index (χ2n) is 2.95. The number of nitrogens with one attached hydrogen (secondary N) is 1. The lowest BCUT2D eigenvalue weighted by Crippen LogP contribution is -1.74. The molecule has 6 heteroatoms. The average Bonchev–Trinajstić information content (AvgIpc) is 2.73. The van der Waals surface area contributed by atoms with Crippen LogP contribution in [-0.2, 0) is 0 Å². The summed E-state index contributed by atoms with van der Waals surface area (Å²) in [7, 11) is 0. The van der Waals surface area contributed by atoms with Gasteiger partial charge in [-0.25, -0.2) is 5.10 Å². The summed E-state index contributed by atoms with van der Waals surface area (Å²) in [4.78, 5) is 3.77. The summed E-state index contributed by atoms with van der Waals surface area (Å²) >= 11 is 0. The number of phenols is 1. The molecule has 0 amide bonds. The predicted molar refractivity (Wildman–Crippen MR) is 53.4 cm³/mol. The Labute approximate surface area is 85.7 Å². The van der Waals surface area contributed by atoms with Crippen LogP contribution in [0.1, 0.15) is 5.56 Å². The number of rotatable bonds is 2. The number of hydrogen-bond acceptors (Lipinski definition) is 5. The van der Waals surface area contributed by atoms with E-state index in [-0.39, 0.29) is 5.75 Å². The molecule has 0 bridgehead atoms. The first-order valence-corrected chi connectivity index (χ1v) is 4.33. The number of phenolic OH excluding ortho intramolecular Hbond substituents is 1. The lowest BCUT2D eigenvalue weighted by Gasteiger charge is -1.99. The minimum atomic E-state index is 0.126. The van der Waals surface area contributed by atoms with Gasteiger partial charge < -0.3 is 5.11 Å². The summed E-state index contributed by atoms with van der Waals surface area (Å²) in [6, 6.07) is 5.26. The van der Waals surface area contributed by atoms with E-state index >= 15 is 0 Å². The molecule has 0 atom stereocenters. The Morgan fingerprint density at radius 2 is 2.20 bits per heavy atom. The molecule has 2 aromatic rings. The highest BCUT2D eigenvalue weighted by Gasteiger charge is 2.01. The van der Waals surface area contributed by atoms with Crippen molar-refractivity contribution < 1.29 is 5.11 Å². The fourth-order valence-electron chi connectivity index (χ4n) is 1.07. The van der Waals surface area contributed by atoms with Crippen LogP contribution in [-0.4, -0.2) is 20.3 Å². The van der Waals surface area contributed by atoms with Crippen LogP contribution < -0.4 is 0 Å². The van der Waals surface area contributed by atoms with Gasteiger partial charge in [-0.15, -0.1) is 10.2 Å². The number of aromatic hydroxyl groups is 1. The third-order valence-electron chi connectivity index (χ3n) is 1.87. The lowest BCUT2D eigenvalue weighted by molar-refractivity contribution is 0.472. The molecule has 0 aliphatic carbocycles. The van der Waals surface area contributed by atoms with Gasteiger partial charge in [0.25, 0.3) is 5.95 Å². The SMILES string of the molecule is Cc1cccc(N=Nc2ncn[nH]2)c1O. The zero-order valence-electron chi connectivity index (χ0n) is 8.05. The molecule has 0 fully saturated rings. The van der Waals surface area contributed by atoms with E-state index in [1.165, 1.54) is 6.33 Å². The number of H-pyrrole nitrogens is 1. The van der Waals surface area contributed by atoms with E-state index < -0.39 is 0 Å². The molecule has 0 aliphatic heterocycles. The van der Waals surface area contributed by atoms with Crippen molar-refractivity contribution in [1.82, 2.24) is 15.2 Å². The van der Waals surface area contributed by atoms with Gasteiger partial charge in [-0.3, -0.25) is 0 Å². The molecular weight excluding hydrogens is 194 g/mol. The maximum absolute atomic E-state index is 9.63. The van der Waals surface area contributed by atoms with Gasteiger partial charge in [-0.05, 0) is 18.6 Å². The predicted octanol–water partition coefficient (Wildman–Crippen LogP) is 2.23. The quantitative estimate of drug-likeness (QED) is 0.733. The number of azo groups is 1. The van der Waals surface area contributed by atoms with Gasteiger partial charge in [0.05, 0.1) is 0 Å². The van der Waals surface area contributed by atoms with Crippen LogP contribution >= 0.6 is 0 Å². The van der Waals surface area contributed by atoms with Crippen LogP contribution in [0.25, 0.3) is 0 Å². The van der Waals surface area contributed by atoms with Crippen LogP contribution in [0.2, 0.25) is 0 Å². The molecule has 0 radical (unpaired) electrons. The summed E-state index contributed by atoms with van der Waals surface area (Å²) in [5.41, 5.74) is 1.16. The van der Waals surface area contributed by atoms with Crippen molar-refractivity contribution in [2.45, 2.75) is 6.92 Å². The number of benzene rings is 1. The Morgan fingerprint density at radius 1 is 1.33 bits per heavy atom. The van der Waals surface area contributed by atoms with Crippen molar-refractivity contribution in [3.05, 3.63) is 30.1 Å². The fraction of sp³-hybridized carbons (Fsp3) is 0.111. The third kappa shape index (κ3) is 1.98. The molecule has 0 spiro atoms. The number of nitrogens with zero attached hydrogens (tertiary/aromatic N) is 4. The van der Waals surface area contributed by atoms with E-state index in [0.717, 1.165) is 5.56 Å². The van der Waals surface area contributed by atoms with Crippen molar-refractivity contribution in [2.75, 3.05) is 0 Å². The average molecular weight is 203 g/mol. The van der Waals surface area contributed by atoms with Gasteiger partial charge in [0.1, 0.15) is 17.8 Å². The first-order valence-electron chi connectivity index (χ1n) is 4.33. The fourth-order valence-corrected chi connectivity index (χ4v) is 1.07. The molecule has 0 saturated heterocycles. The molecule has 6 nitrogen and oxygen atoms in total. The molecule has 0 aliphatic rings. The highest BCUT2D eigenvalue weighted by atomic mass is 16.3. The number of hydrogen-bond donors (Lipinski definition) is 2. The highest BCUT2D eigenvalue weighted by molar-refractivity contribution is 5.54. The van der Waals surface area contributed by atoms with Crippen molar-refractivity contribution in [3.63, 3.8) is 0 Å². The van der Waals surface area contributed by atoms with Crippen molar-refractivity contribution >= 4 is 11.6 Å². The first-order chi connectivity index (χ1) is 7.27. The van der Waals surface area contributed by atoms with Gasteiger partial charge in [-0.1, -0.05) is 12.1 Å². The first kappa shape index (κ1) is 9.32. The van der Waals surface area contributed by atoms with Gasteiger partial charge in [0.15, 0.2) is 0 Å². The van der Waals surface area contributed by atoms with E-state index in [9.17, 15) is 5.11 Å². The Morgan fingerprint density at radius 3 is 2.93 bits per heavy atom. The Bertz CT molecular complexity index is 477. The van der Waals surface area contributed by atoms with Crippen LogP contribution in [0, 0.1) is 6.92 Å². The van der Waals surface area contributed by atoms with Crippen LogP contribution in [0.15, 0.2) is 34.8 Å². The number of aromatic nitrogens is 3. The molecule has 76 valence electrons. The van der Waals surface area contributed by atoms with Crippen molar-refractivity contribution in [2.24, 2.45) is 10.2 Å². The highest BCUT2D eigenvalue weighted by Crippen LogP contribution is 2.29. The minimum Gasteiger partial charge on any atom is -0.505 e. The monoisotopic (exact) mass is 203 g/mol. The Hall–Kier alpha value is -2.24. The van der Waals surface area contributed by atoms with E-state index in [1.807, 2.05) is 0 Å². The lowest BCUT2D eigenvalue weighted by atomic mass is 10.2. The number of aryl methyl sites for hydroxylation is 1. The van der Waals surface area contributed by atoms with Gasteiger partial charge >= 0.3 is 0 Å². The molecule has 2 N–H and O–H groups in total. The summed E-state index contributed by atoms with van der Waals surface area (Å²) in [6.45, 7) is 1.79. The minimum absolute atomic E-state index is 0.126. The molecule has 1 aromatic heterocycles. The third-order valence-corrected chi connectivity index (χ3v) is 1.87. The van der Waals surface area contributed by atoms with Gasteiger partial charge in [0, 0.05) is 0 Å².